The van der Waals surface area contributed by atoms with Crippen LogP contribution in [0.25, 0.3) is 5.65 Å². The Morgan fingerprint density at radius 2 is 2.24 bits per heavy atom. The molecule has 0 aliphatic carbocycles. The van der Waals surface area contributed by atoms with E-state index in [0.717, 1.165) is 0 Å². The summed E-state index contributed by atoms with van der Waals surface area (Å²) in [6.07, 6.45) is 3.10. The number of aryl methyl sites for hydroxylation is 1. The van der Waals surface area contributed by atoms with Gasteiger partial charge in [0.2, 0.25) is 5.65 Å². The van der Waals surface area contributed by atoms with Crippen molar-refractivity contribution in [1.29, 1.82) is 0 Å². The predicted octanol–water partition coefficient (Wildman–Crippen LogP) is 0.472. The molecule has 2 N–H and O–H groups in total. The van der Waals surface area contributed by atoms with Gasteiger partial charge in [-0.25, -0.2) is 13.8 Å². The molecule has 0 aromatic carbocycles. The summed E-state index contributed by atoms with van der Waals surface area (Å²) in [6.45, 7) is -0.178. The Morgan fingerprint density at radius 3 is 2.94 bits per heavy atom. The lowest BCUT2D eigenvalue weighted by Gasteiger charge is -2.14. The van der Waals surface area contributed by atoms with E-state index in [-0.39, 0.29) is 5.82 Å². The van der Waals surface area contributed by atoms with Crippen molar-refractivity contribution in [3.8, 4) is 0 Å². The number of aliphatic hydroxyl groups excluding tert-OH is 1. The molecule has 2 aromatic rings. The molecule has 0 atom stereocenters. The van der Waals surface area contributed by atoms with Crippen LogP contribution in [-0.2, 0) is 0 Å². The highest BCUT2D eigenvalue weighted by molar-refractivity contribution is 5.61. The predicted molar refractivity (Wildman–Crippen MR) is 56.0 cm³/mol. The Labute approximate surface area is 95.3 Å². The molecule has 0 amide bonds. The zero-order valence-corrected chi connectivity index (χ0v) is 9.06. The Morgan fingerprint density at radius 1 is 1.47 bits per heavy atom. The van der Waals surface area contributed by atoms with E-state index in [1.54, 1.807) is 17.5 Å². The van der Waals surface area contributed by atoms with Crippen LogP contribution in [0.15, 0.2) is 12.4 Å². The summed E-state index contributed by atoms with van der Waals surface area (Å²) >= 11 is 0. The molecular weight excluding hydrogens is 232 g/mol. The molecule has 0 spiro atoms. The number of hydrogen-bond donors (Lipinski definition) is 2. The number of fused-ring (bicyclic) bond motifs is 1. The smallest absolute Gasteiger partial charge is 0.287 e. The van der Waals surface area contributed by atoms with Crippen LogP contribution in [0.5, 0.6) is 0 Å². The second-order valence-corrected chi connectivity index (χ2v) is 3.58. The summed E-state index contributed by atoms with van der Waals surface area (Å²) in [6, 6.07) is 0. The van der Waals surface area contributed by atoms with Crippen molar-refractivity contribution >= 4 is 11.5 Å². The monoisotopic (exact) mass is 243 g/mol. The molecule has 6 nitrogen and oxygen atoms in total. The van der Waals surface area contributed by atoms with E-state index >= 15 is 0 Å². The standard InChI is InChI=1S/C9H11F2N5O/c1-6-14-15-8-7(12-2-3-16(6)8)13-4-9(10,11)5-17/h2-3,17H,4-5H2,1H3,(H,12,13). The molecule has 0 aliphatic heterocycles. The van der Waals surface area contributed by atoms with Crippen molar-refractivity contribution in [1.82, 2.24) is 19.6 Å². The van der Waals surface area contributed by atoms with Gasteiger partial charge in [-0.15, -0.1) is 10.2 Å². The maximum atomic E-state index is 12.9. The number of nitrogens with one attached hydrogen (secondary N) is 1. The van der Waals surface area contributed by atoms with Crippen molar-refractivity contribution in [2.75, 3.05) is 18.5 Å². The Kier molecular flexibility index (Phi) is 2.88. The van der Waals surface area contributed by atoms with Gasteiger partial charge < -0.3 is 10.4 Å². The zero-order valence-electron chi connectivity index (χ0n) is 9.06. The average Bonchev–Trinajstić information content (AvgIpc) is 2.70. The molecule has 0 unspecified atom stereocenters. The van der Waals surface area contributed by atoms with E-state index in [1.165, 1.54) is 6.20 Å². The zero-order chi connectivity index (χ0) is 12.5. The molecular formula is C9H11F2N5O. The van der Waals surface area contributed by atoms with Crippen LogP contribution in [0.4, 0.5) is 14.6 Å². The lowest BCUT2D eigenvalue weighted by molar-refractivity contribution is -0.0373. The van der Waals surface area contributed by atoms with E-state index < -0.39 is 19.1 Å². The number of anilines is 1. The van der Waals surface area contributed by atoms with Crippen LogP contribution in [0.2, 0.25) is 0 Å². The highest BCUT2D eigenvalue weighted by Crippen LogP contribution is 2.16. The fourth-order valence-corrected chi connectivity index (χ4v) is 1.34. The first kappa shape index (κ1) is 11.6. The number of aliphatic hydroxyl groups is 1. The van der Waals surface area contributed by atoms with Crippen LogP contribution in [0, 0.1) is 6.92 Å². The minimum absolute atomic E-state index is 0.209. The van der Waals surface area contributed by atoms with Gasteiger partial charge in [-0.3, -0.25) is 4.40 Å². The molecule has 0 radical (unpaired) electrons. The van der Waals surface area contributed by atoms with Crippen LogP contribution < -0.4 is 5.32 Å². The van der Waals surface area contributed by atoms with Gasteiger partial charge in [-0.1, -0.05) is 0 Å². The number of hydrogen-bond acceptors (Lipinski definition) is 5. The first-order valence-electron chi connectivity index (χ1n) is 4.92. The number of alkyl halides is 2. The topological polar surface area (TPSA) is 75.3 Å². The Balaban J connectivity index is 2.25. The summed E-state index contributed by atoms with van der Waals surface area (Å²) in [5.74, 6) is -2.34. The molecule has 8 heteroatoms. The number of nitrogens with zero attached hydrogens (tertiary/aromatic N) is 4. The van der Waals surface area contributed by atoms with Crippen LogP contribution in [0.3, 0.4) is 0 Å². The molecule has 0 bridgehead atoms. The lowest BCUT2D eigenvalue weighted by atomic mass is 10.3. The van der Waals surface area contributed by atoms with Gasteiger partial charge in [0, 0.05) is 12.4 Å². The first-order chi connectivity index (χ1) is 8.03. The summed E-state index contributed by atoms with van der Waals surface area (Å²) in [5, 5.41) is 18.5. The number of halogens is 2. The van der Waals surface area contributed by atoms with E-state index in [0.29, 0.717) is 11.5 Å². The molecule has 2 rings (SSSR count). The molecule has 0 saturated carbocycles. The maximum absolute atomic E-state index is 12.9. The van der Waals surface area contributed by atoms with Gasteiger partial charge in [0.15, 0.2) is 5.82 Å². The number of aromatic nitrogens is 4. The second kappa shape index (κ2) is 4.21. The van der Waals surface area contributed by atoms with Crippen molar-refractivity contribution in [2.24, 2.45) is 0 Å². The second-order valence-electron chi connectivity index (χ2n) is 3.58. The normalized spacial score (nSPS) is 12.0. The summed E-state index contributed by atoms with van der Waals surface area (Å²) in [5.41, 5.74) is 0.374. The van der Waals surface area contributed by atoms with Gasteiger partial charge in [-0.05, 0) is 6.92 Å². The van der Waals surface area contributed by atoms with Gasteiger partial charge >= 0.3 is 0 Å². The maximum Gasteiger partial charge on any atom is 0.287 e. The van der Waals surface area contributed by atoms with E-state index in [4.69, 9.17) is 5.11 Å². The third-order valence-corrected chi connectivity index (χ3v) is 2.24. The summed E-state index contributed by atoms with van der Waals surface area (Å²) in [4.78, 5) is 3.91. The SMILES string of the molecule is Cc1nnc2c(NCC(F)(F)CO)nccn12. The Bertz CT molecular complexity index is 527. The molecule has 92 valence electrons. The van der Waals surface area contributed by atoms with Crippen LogP contribution in [-0.4, -0.2) is 43.8 Å². The molecule has 2 heterocycles. The van der Waals surface area contributed by atoms with Crippen LogP contribution in [0.1, 0.15) is 5.82 Å². The van der Waals surface area contributed by atoms with E-state index in [9.17, 15) is 8.78 Å². The quantitative estimate of drug-likeness (QED) is 0.816. The lowest BCUT2D eigenvalue weighted by Crippen LogP contribution is -2.31. The fraction of sp³-hybridized carbons (Fsp3) is 0.444. The minimum atomic E-state index is -3.19. The Hall–Kier alpha value is -1.83. The number of rotatable bonds is 4. The summed E-state index contributed by atoms with van der Waals surface area (Å²) < 4.78 is 27.4. The third-order valence-electron chi connectivity index (χ3n) is 2.24. The third kappa shape index (κ3) is 2.31. The molecule has 0 fully saturated rings. The summed E-state index contributed by atoms with van der Waals surface area (Å²) in [7, 11) is 0. The fourth-order valence-electron chi connectivity index (χ4n) is 1.34. The molecule has 17 heavy (non-hydrogen) atoms. The van der Waals surface area contributed by atoms with Crippen molar-refractivity contribution in [3.05, 3.63) is 18.2 Å². The van der Waals surface area contributed by atoms with Crippen molar-refractivity contribution in [2.45, 2.75) is 12.8 Å². The van der Waals surface area contributed by atoms with Gasteiger partial charge in [0.1, 0.15) is 12.4 Å². The van der Waals surface area contributed by atoms with E-state index in [1.807, 2.05) is 0 Å². The van der Waals surface area contributed by atoms with Gasteiger partial charge in [0.05, 0.1) is 6.54 Å². The van der Waals surface area contributed by atoms with Gasteiger partial charge in [0.25, 0.3) is 5.92 Å². The average molecular weight is 243 g/mol. The molecule has 2 aromatic heterocycles. The highest BCUT2D eigenvalue weighted by Gasteiger charge is 2.27. The van der Waals surface area contributed by atoms with Crippen molar-refractivity contribution in [3.63, 3.8) is 0 Å². The largest absolute Gasteiger partial charge is 0.390 e. The van der Waals surface area contributed by atoms with Crippen molar-refractivity contribution < 1.29 is 13.9 Å². The molecule has 0 aliphatic rings. The van der Waals surface area contributed by atoms with Crippen LogP contribution >= 0.6 is 0 Å². The van der Waals surface area contributed by atoms with E-state index in [2.05, 4.69) is 20.5 Å². The van der Waals surface area contributed by atoms with Gasteiger partial charge in [-0.2, -0.15) is 0 Å². The highest BCUT2D eigenvalue weighted by atomic mass is 19.3. The molecule has 0 saturated heterocycles. The first-order valence-corrected chi connectivity index (χ1v) is 4.92. The minimum Gasteiger partial charge on any atom is -0.390 e.